The Balaban J connectivity index is 2.05. The van der Waals surface area contributed by atoms with Crippen LogP contribution in [0.15, 0.2) is 28.7 Å². The minimum atomic E-state index is 0.139. The molecular weight excluding hydrogens is 314 g/mol. The van der Waals surface area contributed by atoms with E-state index in [1.807, 2.05) is 7.05 Å². The van der Waals surface area contributed by atoms with E-state index in [0.29, 0.717) is 6.10 Å². The molecule has 3 atom stereocenters. The fourth-order valence-electron chi connectivity index (χ4n) is 3.35. The van der Waals surface area contributed by atoms with E-state index in [1.165, 1.54) is 24.8 Å². The summed E-state index contributed by atoms with van der Waals surface area (Å²) in [7, 11) is 1.99. The maximum atomic E-state index is 6.43. The van der Waals surface area contributed by atoms with Crippen LogP contribution < -0.4 is 5.32 Å². The van der Waals surface area contributed by atoms with Gasteiger partial charge in [-0.2, -0.15) is 0 Å². The minimum absolute atomic E-state index is 0.139. The normalized spacial score (nSPS) is 28.3. The summed E-state index contributed by atoms with van der Waals surface area (Å²) in [5.41, 5.74) is 1.25. The van der Waals surface area contributed by atoms with Gasteiger partial charge in [0.1, 0.15) is 0 Å². The summed E-state index contributed by atoms with van der Waals surface area (Å²) < 4.78 is 7.55. The molecule has 3 unspecified atom stereocenters. The zero-order chi connectivity index (χ0) is 14.5. The molecule has 1 aliphatic carbocycles. The summed E-state index contributed by atoms with van der Waals surface area (Å²) >= 11 is 3.55. The lowest BCUT2D eigenvalue weighted by Crippen LogP contribution is -2.30. The Morgan fingerprint density at radius 3 is 2.55 bits per heavy atom. The van der Waals surface area contributed by atoms with Crippen LogP contribution >= 0.6 is 15.9 Å². The van der Waals surface area contributed by atoms with Crippen molar-refractivity contribution in [3.05, 3.63) is 34.3 Å². The average molecular weight is 340 g/mol. The smallest absolute Gasteiger partial charge is 0.0953 e. The molecule has 1 aliphatic rings. The van der Waals surface area contributed by atoms with Crippen LogP contribution in [0.2, 0.25) is 0 Å². The lowest BCUT2D eigenvalue weighted by atomic mass is 9.81. The molecule has 2 rings (SSSR count). The minimum Gasteiger partial charge on any atom is -0.369 e. The summed E-state index contributed by atoms with van der Waals surface area (Å²) in [6, 6.07) is 8.46. The molecule has 2 nitrogen and oxygen atoms in total. The van der Waals surface area contributed by atoms with Gasteiger partial charge in [-0.15, -0.1) is 0 Å². The Morgan fingerprint density at radius 2 is 1.95 bits per heavy atom. The summed E-state index contributed by atoms with van der Waals surface area (Å²) in [5.74, 6) is 1.56. The highest BCUT2D eigenvalue weighted by Gasteiger charge is 2.27. The molecule has 0 aromatic heterocycles. The summed E-state index contributed by atoms with van der Waals surface area (Å²) in [5, 5.41) is 3.26. The molecule has 0 radical (unpaired) electrons. The highest BCUT2D eigenvalue weighted by atomic mass is 79.9. The molecule has 1 saturated carbocycles. The second-order valence-corrected chi connectivity index (χ2v) is 7.19. The molecule has 20 heavy (non-hydrogen) atoms. The van der Waals surface area contributed by atoms with Crippen molar-refractivity contribution in [2.75, 3.05) is 13.6 Å². The molecule has 0 saturated heterocycles. The number of hydrogen-bond donors (Lipinski definition) is 1. The van der Waals surface area contributed by atoms with E-state index in [9.17, 15) is 0 Å². The van der Waals surface area contributed by atoms with Crippen molar-refractivity contribution in [2.24, 2.45) is 11.8 Å². The third-order valence-electron chi connectivity index (χ3n) is 4.10. The Morgan fingerprint density at radius 1 is 1.25 bits per heavy atom. The molecule has 0 aliphatic heterocycles. The van der Waals surface area contributed by atoms with Crippen molar-refractivity contribution in [1.29, 1.82) is 0 Å². The first kappa shape index (κ1) is 16.0. The quantitative estimate of drug-likeness (QED) is 0.849. The van der Waals surface area contributed by atoms with Crippen molar-refractivity contribution in [2.45, 2.75) is 45.3 Å². The predicted octanol–water partition coefficient (Wildman–Crippen LogP) is 4.55. The van der Waals surface area contributed by atoms with Crippen molar-refractivity contribution in [1.82, 2.24) is 5.32 Å². The molecule has 0 bridgehead atoms. The lowest BCUT2D eigenvalue weighted by Gasteiger charge is -2.34. The van der Waals surface area contributed by atoms with E-state index in [-0.39, 0.29) is 6.10 Å². The number of nitrogens with one attached hydrogen (secondary N) is 1. The lowest BCUT2D eigenvalue weighted by molar-refractivity contribution is -0.0491. The van der Waals surface area contributed by atoms with Crippen LogP contribution in [0.25, 0.3) is 0 Å². The van der Waals surface area contributed by atoms with E-state index in [0.717, 1.165) is 22.9 Å². The third kappa shape index (κ3) is 4.57. The van der Waals surface area contributed by atoms with Gasteiger partial charge in [-0.05, 0) is 55.8 Å². The maximum absolute atomic E-state index is 6.43. The zero-order valence-electron chi connectivity index (χ0n) is 12.7. The molecule has 1 aromatic rings. The van der Waals surface area contributed by atoms with Crippen molar-refractivity contribution in [3.8, 4) is 0 Å². The zero-order valence-corrected chi connectivity index (χ0v) is 14.3. The first-order valence-electron chi connectivity index (χ1n) is 7.64. The van der Waals surface area contributed by atoms with Gasteiger partial charge in [0.2, 0.25) is 0 Å². The number of benzene rings is 1. The van der Waals surface area contributed by atoms with Crippen molar-refractivity contribution in [3.63, 3.8) is 0 Å². The first-order valence-corrected chi connectivity index (χ1v) is 8.43. The van der Waals surface area contributed by atoms with E-state index < -0.39 is 0 Å². The summed E-state index contributed by atoms with van der Waals surface area (Å²) in [6.07, 6.45) is 4.26. The Hall–Kier alpha value is -0.380. The van der Waals surface area contributed by atoms with Crippen molar-refractivity contribution < 1.29 is 4.74 Å². The van der Waals surface area contributed by atoms with E-state index in [2.05, 4.69) is 59.4 Å². The van der Waals surface area contributed by atoms with Crippen LogP contribution in [0.4, 0.5) is 0 Å². The fraction of sp³-hybridized carbons (Fsp3) is 0.647. The molecule has 0 spiro atoms. The number of halogens is 1. The number of ether oxygens (including phenoxy) is 1. The Bertz CT molecular complexity index is 413. The predicted molar refractivity (Wildman–Crippen MR) is 87.9 cm³/mol. The van der Waals surface area contributed by atoms with Gasteiger partial charge in [-0.1, -0.05) is 41.9 Å². The monoisotopic (exact) mass is 339 g/mol. The molecule has 1 fully saturated rings. The van der Waals surface area contributed by atoms with Crippen LogP contribution in [-0.2, 0) is 4.74 Å². The highest BCUT2D eigenvalue weighted by molar-refractivity contribution is 9.10. The maximum Gasteiger partial charge on any atom is 0.0953 e. The number of hydrogen-bond acceptors (Lipinski definition) is 2. The molecule has 0 heterocycles. The average Bonchev–Trinajstić information content (AvgIpc) is 2.37. The van der Waals surface area contributed by atoms with Crippen LogP contribution in [0, 0.1) is 11.8 Å². The topological polar surface area (TPSA) is 21.3 Å². The van der Waals surface area contributed by atoms with Gasteiger partial charge in [-0.3, -0.25) is 0 Å². The highest BCUT2D eigenvalue weighted by Crippen LogP contribution is 2.33. The molecular formula is C17H26BrNO. The molecule has 1 aromatic carbocycles. The standard InChI is InChI=1S/C17H26BrNO/c1-12-7-13(2)9-16(8-12)20-17(11-19-3)14-5-4-6-15(18)10-14/h4-6,10,12-13,16-17,19H,7-9,11H2,1-3H3. The van der Waals surface area contributed by atoms with Gasteiger partial charge in [-0.25, -0.2) is 0 Å². The first-order chi connectivity index (χ1) is 9.58. The van der Waals surface area contributed by atoms with Crippen LogP contribution in [0.5, 0.6) is 0 Å². The molecule has 1 N–H and O–H groups in total. The fourth-order valence-corrected chi connectivity index (χ4v) is 3.77. The van der Waals surface area contributed by atoms with E-state index in [1.54, 1.807) is 0 Å². The third-order valence-corrected chi connectivity index (χ3v) is 4.60. The number of likely N-dealkylation sites (N-methyl/N-ethyl adjacent to an activating group) is 1. The van der Waals surface area contributed by atoms with Crippen LogP contribution in [-0.4, -0.2) is 19.7 Å². The summed E-state index contributed by atoms with van der Waals surface area (Å²) in [6.45, 7) is 5.55. The molecule has 3 heteroatoms. The molecule has 0 amide bonds. The van der Waals surface area contributed by atoms with Gasteiger partial charge < -0.3 is 10.1 Å². The van der Waals surface area contributed by atoms with Gasteiger partial charge in [0.15, 0.2) is 0 Å². The molecule has 112 valence electrons. The van der Waals surface area contributed by atoms with Gasteiger partial charge in [0, 0.05) is 11.0 Å². The van der Waals surface area contributed by atoms with Crippen LogP contribution in [0.1, 0.15) is 44.8 Å². The second-order valence-electron chi connectivity index (χ2n) is 6.28. The Labute approximate surface area is 131 Å². The van der Waals surface area contributed by atoms with E-state index >= 15 is 0 Å². The van der Waals surface area contributed by atoms with Crippen LogP contribution in [0.3, 0.4) is 0 Å². The second kappa shape index (κ2) is 7.58. The van der Waals surface area contributed by atoms with Gasteiger partial charge in [0.05, 0.1) is 12.2 Å². The summed E-state index contributed by atoms with van der Waals surface area (Å²) in [4.78, 5) is 0. The van der Waals surface area contributed by atoms with Gasteiger partial charge >= 0.3 is 0 Å². The largest absolute Gasteiger partial charge is 0.369 e. The SMILES string of the molecule is CNCC(OC1CC(C)CC(C)C1)c1cccc(Br)c1. The van der Waals surface area contributed by atoms with Gasteiger partial charge in [0.25, 0.3) is 0 Å². The van der Waals surface area contributed by atoms with E-state index in [4.69, 9.17) is 4.74 Å². The van der Waals surface area contributed by atoms with Crippen molar-refractivity contribution >= 4 is 15.9 Å². The Kier molecular flexibility index (Phi) is 6.06. The number of rotatable bonds is 5.